The fourth-order valence-corrected chi connectivity index (χ4v) is 3.54. The van der Waals surface area contributed by atoms with Gasteiger partial charge in [-0.15, -0.1) is 0 Å². The minimum absolute atomic E-state index is 0.313. The van der Waals surface area contributed by atoms with Gasteiger partial charge in [-0.1, -0.05) is 41.4 Å². The number of benzene rings is 2. The van der Waals surface area contributed by atoms with Crippen molar-refractivity contribution in [3.63, 3.8) is 0 Å². The van der Waals surface area contributed by atoms with E-state index < -0.39 is 15.9 Å². The van der Waals surface area contributed by atoms with Crippen molar-refractivity contribution in [1.29, 1.82) is 0 Å². The van der Waals surface area contributed by atoms with Crippen molar-refractivity contribution in [2.45, 2.75) is 13.0 Å². The first-order valence-corrected chi connectivity index (χ1v) is 10.1. The molecule has 0 saturated heterocycles. The normalized spacial score (nSPS) is 12.5. The summed E-state index contributed by atoms with van der Waals surface area (Å²) in [5, 5.41) is 3.73. The molecular weight excluding hydrogens is 383 g/mol. The molecule has 0 fully saturated rings. The highest BCUT2D eigenvalue weighted by molar-refractivity contribution is 7.92. The molecule has 8 heteroatoms. The fraction of sp³-hybridized carbons (Fsp3) is 0.235. The van der Waals surface area contributed by atoms with Crippen LogP contribution in [0.25, 0.3) is 0 Å². The number of amides is 1. The van der Waals surface area contributed by atoms with Gasteiger partial charge in [-0.2, -0.15) is 0 Å². The number of halogens is 2. The van der Waals surface area contributed by atoms with Gasteiger partial charge in [0, 0.05) is 10.0 Å². The van der Waals surface area contributed by atoms with Crippen LogP contribution in [0.15, 0.2) is 48.5 Å². The van der Waals surface area contributed by atoms with E-state index in [1.807, 2.05) is 6.07 Å². The first-order valence-electron chi connectivity index (χ1n) is 7.45. The quantitative estimate of drug-likeness (QED) is 0.804. The number of carbonyl (C=O) groups excluding carboxylic acids is 1. The average molecular weight is 401 g/mol. The fourth-order valence-electron chi connectivity index (χ4n) is 2.31. The van der Waals surface area contributed by atoms with Gasteiger partial charge in [-0.05, 0) is 42.8 Å². The molecule has 0 bridgehead atoms. The molecule has 2 rings (SSSR count). The molecule has 0 aliphatic heterocycles. The Bertz CT molecular complexity index is 872. The second-order valence-corrected chi connectivity index (χ2v) is 8.37. The standard InChI is InChI=1S/C17H18Cl2N2O3S/c1-12(13-5-3-6-14(18)9-13)20-17(22)11-21(25(2,23)24)16-8-4-7-15(19)10-16/h3-10,12H,11H2,1-2H3,(H,20,22)/t12-/m0/s1. The second kappa shape index (κ2) is 8.08. The van der Waals surface area contributed by atoms with Crippen LogP contribution in [0.3, 0.4) is 0 Å². The lowest BCUT2D eigenvalue weighted by Crippen LogP contribution is -2.41. The lowest BCUT2D eigenvalue weighted by molar-refractivity contribution is -0.120. The van der Waals surface area contributed by atoms with E-state index in [0.717, 1.165) is 16.1 Å². The van der Waals surface area contributed by atoms with E-state index in [1.165, 1.54) is 6.07 Å². The molecule has 2 aromatic carbocycles. The summed E-state index contributed by atoms with van der Waals surface area (Å²) < 4.78 is 25.1. The highest BCUT2D eigenvalue weighted by Gasteiger charge is 2.22. The maximum Gasteiger partial charge on any atom is 0.241 e. The molecule has 0 aliphatic carbocycles. The number of sulfonamides is 1. The molecule has 2 aromatic rings. The monoisotopic (exact) mass is 400 g/mol. The van der Waals surface area contributed by atoms with Crippen LogP contribution in [0.2, 0.25) is 10.0 Å². The number of hydrogen-bond donors (Lipinski definition) is 1. The minimum atomic E-state index is -3.64. The van der Waals surface area contributed by atoms with Gasteiger partial charge in [0.1, 0.15) is 6.54 Å². The Labute approximate surface area is 157 Å². The predicted octanol–water partition coefficient (Wildman–Crippen LogP) is 3.64. The molecule has 1 amide bonds. The Balaban J connectivity index is 2.15. The smallest absolute Gasteiger partial charge is 0.241 e. The Morgan fingerprint density at radius 1 is 1.12 bits per heavy atom. The van der Waals surface area contributed by atoms with Crippen LogP contribution in [-0.4, -0.2) is 27.1 Å². The lowest BCUT2D eigenvalue weighted by Gasteiger charge is -2.23. The maximum atomic E-state index is 12.3. The number of nitrogens with zero attached hydrogens (tertiary/aromatic N) is 1. The van der Waals surface area contributed by atoms with E-state index in [4.69, 9.17) is 23.2 Å². The van der Waals surface area contributed by atoms with Crippen molar-refractivity contribution in [1.82, 2.24) is 5.32 Å². The van der Waals surface area contributed by atoms with Gasteiger partial charge in [0.05, 0.1) is 18.0 Å². The van der Waals surface area contributed by atoms with Crippen LogP contribution >= 0.6 is 23.2 Å². The number of nitrogens with one attached hydrogen (secondary N) is 1. The van der Waals surface area contributed by atoms with E-state index in [1.54, 1.807) is 43.3 Å². The van der Waals surface area contributed by atoms with Gasteiger partial charge in [-0.3, -0.25) is 9.10 Å². The third-order valence-corrected chi connectivity index (χ3v) is 5.12. The summed E-state index contributed by atoms with van der Waals surface area (Å²) in [5.41, 5.74) is 1.16. The van der Waals surface area contributed by atoms with E-state index in [-0.39, 0.29) is 12.6 Å². The van der Waals surface area contributed by atoms with Gasteiger partial charge in [0.15, 0.2) is 0 Å². The van der Waals surface area contributed by atoms with Gasteiger partial charge < -0.3 is 5.32 Å². The Hall–Kier alpha value is -1.76. The number of anilines is 1. The highest BCUT2D eigenvalue weighted by Crippen LogP contribution is 2.22. The predicted molar refractivity (Wildman–Crippen MR) is 102 cm³/mol. The van der Waals surface area contributed by atoms with Crippen molar-refractivity contribution >= 4 is 44.8 Å². The zero-order chi connectivity index (χ0) is 18.6. The summed E-state index contributed by atoms with van der Waals surface area (Å²) in [6, 6.07) is 13.1. The van der Waals surface area contributed by atoms with Crippen LogP contribution < -0.4 is 9.62 Å². The molecular formula is C17H18Cl2N2O3S. The molecule has 0 aromatic heterocycles. The average Bonchev–Trinajstić information content (AvgIpc) is 2.51. The molecule has 134 valence electrons. The third kappa shape index (κ3) is 5.63. The van der Waals surface area contributed by atoms with E-state index in [2.05, 4.69) is 5.32 Å². The molecule has 25 heavy (non-hydrogen) atoms. The van der Waals surface area contributed by atoms with Crippen molar-refractivity contribution < 1.29 is 13.2 Å². The molecule has 0 unspecified atom stereocenters. The zero-order valence-electron chi connectivity index (χ0n) is 13.7. The summed E-state index contributed by atoms with van der Waals surface area (Å²) in [4.78, 5) is 12.3. The van der Waals surface area contributed by atoms with E-state index >= 15 is 0 Å². The highest BCUT2D eigenvalue weighted by atomic mass is 35.5. The lowest BCUT2D eigenvalue weighted by atomic mass is 10.1. The Morgan fingerprint density at radius 2 is 1.72 bits per heavy atom. The van der Waals surface area contributed by atoms with Crippen LogP contribution in [-0.2, 0) is 14.8 Å². The van der Waals surface area contributed by atoms with Gasteiger partial charge in [0.2, 0.25) is 15.9 Å². The van der Waals surface area contributed by atoms with Crippen molar-refractivity contribution in [2.75, 3.05) is 17.1 Å². The van der Waals surface area contributed by atoms with Crippen molar-refractivity contribution in [2.24, 2.45) is 0 Å². The van der Waals surface area contributed by atoms with Crippen molar-refractivity contribution in [3.8, 4) is 0 Å². The van der Waals surface area contributed by atoms with Crippen LogP contribution in [0.1, 0.15) is 18.5 Å². The SMILES string of the molecule is C[C@H](NC(=O)CN(c1cccc(Cl)c1)S(C)(=O)=O)c1cccc(Cl)c1. The van der Waals surface area contributed by atoms with Crippen molar-refractivity contribution in [3.05, 3.63) is 64.1 Å². The molecule has 0 radical (unpaired) electrons. The summed E-state index contributed by atoms with van der Waals surface area (Å²) in [7, 11) is -3.64. The molecule has 5 nitrogen and oxygen atoms in total. The number of hydrogen-bond acceptors (Lipinski definition) is 3. The van der Waals surface area contributed by atoms with Crippen LogP contribution in [0.4, 0.5) is 5.69 Å². The number of rotatable bonds is 6. The largest absolute Gasteiger partial charge is 0.348 e. The summed E-state index contributed by atoms with van der Waals surface area (Å²) in [6.45, 7) is 1.46. The number of carbonyl (C=O) groups is 1. The minimum Gasteiger partial charge on any atom is -0.348 e. The first-order chi connectivity index (χ1) is 11.7. The molecule has 1 atom stereocenters. The molecule has 0 heterocycles. The van der Waals surface area contributed by atoms with E-state index in [0.29, 0.717) is 15.7 Å². The maximum absolute atomic E-state index is 12.3. The zero-order valence-corrected chi connectivity index (χ0v) is 16.1. The van der Waals surface area contributed by atoms with Gasteiger partial charge >= 0.3 is 0 Å². The first kappa shape index (κ1) is 19.6. The molecule has 0 aliphatic rings. The summed E-state index contributed by atoms with van der Waals surface area (Å²) in [6.07, 6.45) is 1.04. The Morgan fingerprint density at radius 3 is 2.28 bits per heavy atom. The summed E-state index contributed by atoms with van der Waals surface area (Å²) >= 11 is 11.9. The third-order valence-electron chi connectivity index (χ3n) is 3.51. The molecule has 0 saturated carbocycles. The van der Waals surface area contributed by atoms with Crippen LogP contribution in [0.5, 0.6) is 0 Å². The summed E-state index contributed by atoms with van der Waals surface area (Å²) in [5.74, 6) is -0.433. The van der Waals surface area contributed by atoms with Crippen LogP contribution in [0, 0.1) is 0 Å². The Kier molecular flexibility index (Phi) is 6.32. The molecule has 0 spiro atoms. The van der Waals surface area contributed by atoms with E-state index in [9.17, 15) is 13.2 Å². The second-order valence-electron chi connectivity index (χ2n) is 5.59. The van der Waals surface area contributed by atoms with Gasteiger partial charge in [0.25, 0.3) is 0 Å². The molecule has 1 N–H and O–H groups in total. The topological polar surface area (TPSA) is 66.5 Å². The van der Waals surface area contributed by atoms with Gasteiger partial charge in [-0.25, -0.2) is 8.42 Å².